The molecule has 126 valence electrons. The lowest BCUT2D eigenvalue weighted by atomic mass is 10.1. The highest BCUT2D eigenvalue weighted by atomic mass is 32.2. The molecule has 1 aliphatic heterocycles. The molecule has 3 rings (SSSR count). The third kappa shape index (κ3) is 2.88. The lowest BCUT2D eigenvalue weighted by Gasteiger charge is -2.15. The molecule has 8 heteroatoms. The van der Waals surface area contributed by atoms with Crippen LogP contribution in [0.3, 0.4) is 0 Å². The third-order valence-corrected chi connectivity index (χ3v) is 5.28. The largest absolute Gasteiger partial charge is 0.545 e. The van der Waals surface area contributed by atoms with Gasteiger partial charge in [0.25, 0.3) is 10.0 Å². The number of carboxylic acid groups (broad SMARTS) is 1. The van der Waals surface area contributed by atoms with E-state index in [1.54, 1.807) is 19.9 Å². The standard InChI is InChI=1S/C16H15NO6S/c1-9-5-11(16(18)19)6-15(10(9)2)24(20,21)17-12-3-4-13-14(7-12)23-8-22-13/h3-7,17H,8H2,1-2H3,(H,18,19)/p-1. The summed E-state index contributed by atoms with van der Waals surface area (Å²) in [5.41, 5.74) is 1.11. The molecule has 0 fully saturated rings. The fourth-order valence-electron chi connectivity index (χ4n) is 2.39. The van der Waals surface area contributed by atoms with Crippen LogP contribution in [-0.4, -0.2) is 21.2 Å². The summed E-state index contributed by atoms with van der Waals surface area (Å²) in [5, 5.41) is 11.1. The number of nitrogens with one attached hydrogen (secondary N) is 1. The fraction of sp³-hybridized carbons (Fsp3) is 0.188. The van der Waals surface area contributed by atoms with Gasteiger partial charge in [0, 0.05) is 6.07 Å². The van der Waals surface area contributed by atoms with Gasteiger partial charge in [0.05, 0.1) is 16.6 Å². The van der Waals surface area contributed by atoms with Crippen LogP contribution in [0.5, 0.6) is 11.5 Å². The highest BCUT2D eigenvalue weighted by Gasteiger charge is 2.21. The van der Waals surface area contributed by atoms with Crippen molar-refractivity contribution in [3.63, 3.8) is 0 Å². The number of rotatable bonds is 4. The van der Waals surface area contributed by atoms with Gasteiger partial charge in [0.1, 0.15) is 0 Å². The van der Waals surface area contributed by atoms with Crippen LogP contribution in [-0.2, 0) is 10.0 Å². The molecule has 24 heavy (non-hydrogen) atoms. The molecule has 1 aliphatic rings. The molecular weight excluding hydrogens is 334 g/mol. The average molecular weight is 348 g/mol. The molecule has 2 aromatic rings. The van der Waals surface area contributed by atoms with Crippen LogP contribution in [0, 0.1) is 13.8 Å². The summed E-state index contributed by atoms with van der Waals surface area (Å²) in [4.78, 5) is 11.0. The van der Waals surface area contributed by atoms with E-state index in [2.05, 4.69) is 4.72 Å². The fourth-order valence-corrected chi connectivity index (χ4v) is 3.79. The van der Waals surface area contributed by atoms with Crippen LogP contribution >= 0.6 is 0 Å². The predicted molar refractivity (Wildman–Crippen MR) is 83.6 cm³/mol. The first-order valence-electron chi connectivity index (χ1n) is 7.03. The van der Waals surface area contributed by atoms with Crippen molar-refractivity contribution in [2.24, 2.45) is 0 Å². The summed E-state index contributed by atoms with van der Waals surface area (Å²) < 4.78 is 38.1. The van der Waals surface area contributed by atoms with Crippen LogP contribution in [0.25, 0.3) is 0 Å². The van der Waals surface area contributed by atoms with Crippen molar-refractivity contribution < 1.29 is 27.8 Å². The van der Waals surface area contributed by atoms with Crippen LogP contribution in [0.2, 0.25) is 0 Å². The van der Waals surface area contributed by atoms with E-state index in [1.165, 1.54) is 18.2 Å². The molecule has 0 atom stereocenters. The second kappa shape index (κ2) is 5.72. The number of aromatic carboxylic acids is 1. The van der Waals surface area contributed by atoms with E-state index in [1.807, 2.05) is 0 Å². The van der Waals surface area contributed by atoms with Gasteiger partial charge in [-0.3, -0.25) is 4.72 Å². The third-order valence-electron chi connectivity index (χ3n) is 3.77. The highest BCUT2D eigenvalue weighted by Crippen LogP contribution is 2.35. The molecule has 2 aromatic carbocycles. The van der Waals surface area contributed by atoms with Crippen LogP contribution in [0.4, 0.5) is 5.69 Å². The van der Waals surface area contributed by atoms with Crippen molar-refractivity contribution in [3.8, 4) is 11.5 Å². The zero-order chi connectivity index (χ0) is 17.5. The van der Waals surface area contributed by atoms with E-state index >= 15 is 0 Å². The highest BCUT2D eigenvalue weighted by molar-refractivity contribution is 7.92. The van der Waals surface area contributed by atoms with Crippen molar-refractivity contribution in [3.05, 3.63) is 47.0 Å². The number of carboxylic acids is 1. The molecule has 7 nitrogen and oxygen atoms in total. The minimum atomic E-state index is -3.98. The Labute approximate surface area is 138 Å². The molecule has 0 aliphatic carbocycles. The molecule has 0 amide bonds. The molecule has 0 aromatic heterocycles. The van der Waals surface area contributed by atoms with Gasteiger partial charge in [0.15, 0.2) is 11.5 Å². The van der Waals surface area contributed by atoms with Gasteiger partial charge in [-0.05, 0) is 54.8 Å². The molecule has 0 radical (unpaired) electrons. The quantitative estimate of drug-likeness (QED) is 0.890. The Balaban J connectivity index is 2.00. The Morgan fingerprint density at radius 3 is 2.54 bits per heavy atom. The van der Waals surface area contributed by atoms with Crippen molar-refractivity contribution >= 4 is 21.7 Å². The average Bonchev–Trinajstić information content (AvgIpc) is 2.96. The van der Waals surface area contributed by atoms with Crippen molar-refractivity contribution in [2.75, 3.05) is 11.5 Å². The molecule has 0 bridgehead atoms. The van der Waals surface area contributed by atoms with E-state index in [-0.39, 0.29) is 22.9 Å². The number of hydrogen-bond donors (Lipinski definition) is 1. The van der Waals surface area contributed by atoms with Crippen molar-refractivity contribution in [1.29, 1.82) is 0 Å². The van der Waals surface area contributed by atoms with Gasteiger partial charge >= 0.3 is 0 Å². The normalized spacial score (nSPS) is 12.9. The SMILES string of the molecule is Cc1cc(C(=O)[O-])cc(S(=O)(=O)Nc2ccc3c(c2)OCO3)c1C. The summed E-state index contributed by atoms with van der Waals surface area (Å²) in [6, 6.07) is 7.10. The van der Waals surface area contributed by atoms with Crippen LogP contribution in [0.15, 0.2) is 35.2 Å². The summed E-state index contributed by atoms with van der Waals surface area (Å²) in [7, 11) is -3.98. The van der Waals surface area contributed by atoms with Crippen molar-refractivity contribution in [2.45, 2.75) is 18.7 Å². The predicted octanol–water partition coefficient (Wildman–Crippen LogP) is 1.20. The maximum atomic E-state index is 12.7. The first kappa shape index (κ1) is 16.1. The van der Waals surface area contributed by atoms with Gasteiger partial charge in [-0.2, -0.15) is 0 Å². The Morgan fingerprint density at radius 1 is 1.12 bits per heavy atom. The number of anilines is 1. The van der Waals surface area contributed by atoms with Gasteiger partial charge in [-0.15, -0.1) is 0 Å². The lowest BCUT2D eigenvalue weighted by molar-refractivity contribution is -0.255. The van der Waals surface area contributed by atoms with Crippen LogP contribution < -0.4 is 19.3 Å². The zero-order valence-electron chi connectivity index (χ0n) is 13.0. The molecular formula is C16H14NO6S-. The maximum absolute atomic E-state index is 12.7. The first-order chi connectivity index (χ1) is 11.3. The van der Waals surface area contributed by atoms with Gasteiger partial charge in [-0.1, -0.05) is 0 Å². The van der Waals surface area contributed by atoms with Gasteiger partial charge < -0.3 is 19.4 Å². The lowest BCUT2D eigenvalue weighted by Crippen LogP contribution is -2.23. The van der Waals surface area contributed by atoms with E-state index in [9.17, 15) is 18.3 Å². The topological polar surface area (TPSA) is 105 Å². The van der Waals surface area contributed by atoms with Gasteiger partial charge in [0.2, 0.25) is 6.79 Å². The Kier molecular flexibility index (Phi) is 3.84. The monoisotopic (exact) mass is 348 g/mol. The van der Waals surface area contributed by atoms with E-state index in [4.69, 9.17) is 9.47 Å². The molecule has 0 unspecified atom stereocenters. The van der Waals surface area contributed by atoms with E-state index < -0.39 is 16.0 Å². The Bertz CT molecular complexity index is 936. The summed E-state index contributed by atoms with van der Waals surface area (Å²) in [5.74, 6) is -0.465. The van der Waals surface area contributed by atoms with E-state index in [0.717, 1.165) is 6.07 Å². The molecule has 0 spiro atoms. The second-order valence-electron chi connectivity index (χ2n) is 5.38. The summed E-state index contributed by atoms with van der Waals surface area (Å²) >= 11 is 0. The zero-order valence-corrected chi connectivity index (χ0v) is 13.8. The number of ether oxygens (including phenoxy) is 2. The number of benzene rings is 2. The van der Waals surface area contributed by atoms with Crippen molar-refractivity contribution in [1.82, 2.24) is 0 Å². The number of aryl methyl sites for hydroxylation is 1. The smallest absolute Gasteiger partial charge is 0.262 e. The molecule has 1 heterocycles. The Morgan fingerprint density at radius 2 is 1.83 bits per heavy atom. The molecule has 0 saturated heterocycles. The number of hydrogen-bond acceptors (Lipinski definition) is 6. The van der Waals surface area contributed by atoms with E-state index in [0.29, 0.717) is 22.6 Å². The minimum absolute atomic E-state index is 0.0808. The molecule has 1 N–H and O–H groups in total. The number of fused-ring (bicyclic) bond motifs is 1. The number of carbonyl (C=O) groups is 1. The van der Waals surface area contributed by atoms with Gasteiger partial charge in [-0.25, -0.2) is 8.42 Å². The minimum Gasteiger partial charge on any atom is -0.545 e. The summed E-state index contributed by atoms with van der Waals surface area (Å²) in [6.45, 7) is 3.33. The van der Waals surface area contributed by atoms with Crippen LogP contribution in [0.1, 0.15) is 21.5 Å². The number of carbonyl (C=O) groups excluding carboxylic acids is 1. The summed E-state index contributed by atoms with van der Waals surface area (Å²) in [6.07, 6.45) is 0. The maximum Gasteiger partial charge on any atom is 0.262 e. The second-order valence-corrected chi connectivity index (χ2v) is 7.03. The number of sulfonamides is 1. The molecule has 0 saturated carbocycles. The first-order valence-corrected chi connectivity index (χ1v) is 8.51. The Hall–Kier alpha value is -2.74.